The minimum Gasteiger partial charge on any atom is -0.0843 e. The third-order valence-electron chi connectivity index (χ3n) is 5.11. The lowest BCUT2D eigenvalue weighted by atomic mass is 9.88. The molecule has 0 aliphatic carbocycles. The van der Waals surface area contributed by atoms with Crippen LogP contribution in [0.1, 0.15) is 0 Å². The number of rotatable bonds is 2. The van der Waals surface area contributed by atoms with Crippen LogP contribution >= 0.6 is 11.6 Å². The highest BCUT2D eigenvalue weighted by atomic mass is 35.5. The van der Waals surface area contributed by atoms with Crippen LogP contribution in [0.3, 0.4) is 0 Å². The van der Waals surface area contributed by atoms with Gasteiger partial charge in [-0.3, -0.25) is 0 Å². The molecule has 0 spiro atoms. The van der Waals surface area contributed by atoms with Crippen LogP contribution in [0.4, 0.5) is 0 Å². The molecule has 0 amide bonds. The average Bonchev–Trinajstić information content (AvgIpc) is 2.73. The minimum absolute atomic E-state index is 0.756. The van der Waals surface area contributed by atoms with Gasteiger partial charge in [0.15, 0.2) is 0 Å². The lowest BCUT2D eigenvalue weighted by molar-refractivity contribution is 1.64. The summed E-state index contributed by atoms with van der Waals surface area (Å²) in [7, 11) is 0. The lowest BCUT2D eigenvalue weighted by Crippen LogP contribution is -1.89. The fraction of sp³-hybridized carbons (Fsp3) is 0. The van der Waals surface area contributed by atoms with Gasteiger partial charge in [0.2, 0.25) is 0 Å². The number of fused-ring (bicyclic) bond motifs is 2. The zero-order valence-corrected chi connectivity index (χ0v) is 15.4. The summed E-state index contributed by atoms with van der Waals surface area (Å²) in [4.78, 5) is 0. The summed E-state index contributed by atoms with van der Waals surface area (Å²) in [5, 5.41) is 5.80. The average molecular weight is 365 g/mol. The van der Waals surface area contributed by atoms with Crippen LogP contribution < -0.4 is 0 Å². The Bertz CT molecular complexity index is 1250. The lowest BCUT2D eigenvalue weighted by Gasteiger charge is -2.16. The summed E-state index contributed by atoms with van der Waals surface area (Å²) in [6, 6.07) is 36.2. The van der Waals surface area contributed by atoms with Crippen molar-refractivity contribution in [1.29, 1.82) is 0 Å². The Morgan fingerprint density at radius 2 is 1.22 bits per heavy atom. The molecule has 0 heterocycles. The maximum Gasteiger partial charge on any atom is 0.0406 e. The van der Waals surface area contributed by atoms with E-state index in [0.29, 0.717) is 0 Å². The van der Waals surface area contributed by atoms with Gasteiger partial charge in [-0.25, -0.2) is 0 Å². The highest BCUT2D eigenvalue weighted by Crippen LogP contribution is 2.41. The maximum absolute atomic E-state index is 6.16. The van der Waals surface area contributed by atoms with Crippen LogP contribution in [-0.4, -0.2) is 0 Å². The van der Waals surface area contributed by atoms with E-state index in [0.717, 1.165) is 5.02 Å². The molecule has 5 rings (SSSR count). The summed E-state index contributed by atoms with van der Waals surface area (Å²) >= 11 is 6.16. The van der Waals surface area contributed by atoms with Crippen LogP contribution in [0.5, 0.6) is 0 Å². The molecule has 0 bridgehead atoms. The fourth-order valence-electron chi connectivity index (χ4n) is 3.90. The van der Waals surface area contributed by atoms with Gasteiger partial charge >= 0.3 is 0 Å². The predicted octanol–water partition coefficient (Wildman–Crippen LogP) is 7.98. The molecule has 0 aliphatic heterocycles. The van der Waals surface area contributed by atoms with E-state index in [1.54, 1.807) is 0 Å². The maximum atomic E-state index is 6.16. The van der Waals surface area contributed by atoms with Crippen molar-refractivity contribution >= 4 is 33.1 Å². The molecular formula is C26H17Cl. The molecule has 0 radical (unpaired) electrons. The summed E-state index contributed by atoms with van der Waals surface area (Å²) in [6.45, 7) is 0. The van der Waals surface area contributed by atoms with Crippen molar-refractivity contribution in [3.05, 3.63) is 108 Å². The smallest absolute Gasteiger partial charge is 0.0406 e. The van der Waals surface area contributed by atoms with Gasteiger partial charge in [-0.2, -0.15) is 0 Å². The van der Waals surface area contributed by atoms with Crippen molar-refractivity contribution in [2.75, 3.05) is 0 Å². The first kappa shape index (κ1) is 16.1. The Labute approximate surface area is 163 Å². The van der Waals surface area contributed by atoms with E-state index in [2.05, 4.69) is 91.0 Å². The second-order valence-corrected chi connectivity index (χ2v) is 7.19. The van der Waals surface area contributed by atoms with E-state index in [4.69, 9.17) is 11.6 Å². The molecule has 1 heteroatoms. The predicted molar refractivity (Wildman–Crippen MR) is 117 cm³/mol. The van der Waals surface area contributed by atoms with Crippen LogP contribution in [0.25, 0.3) is 43.8 Å². The normalized spacial score (nSPS) is 11.1. The van der Waals surface area contributed by atoms with Gasteiger partial charge in [0.1, 0.15) is 0 Å². The molecule has 0 saturated carbocycles. The van der Waals surface area contributed by atoms with Crippen molar-refractivity contribution in [3.8, 4) is 22.3 Å². The molecule has 27 heavy (non-hydrogen) atoms. The second kappa shape index (κ2) is 6.57. The van der Waals surface area contributed by atoms with E-state index < -0.39 is 0 Å². The fourth-order valence-corrected chi connectivity index (χ4v) is 4.02. The Morgan fingerprint density at radius 1 is 0.519 bits per heavy atom. The molecule has 0 unspecified atom stereocenters. The summed E-state index contributed by atoms with van der Waals surface area (Å²) < 4.78 is 0. The van der Waals surface area contributed by atoms with Gasteiger partial charge < -0.3 is 0 Å². The van der Waals surface area contributed by atoms with Crippen molar-refractivity contribution in [2.45, 2.75) is 0 Å². The van der Waals surface area contributed by atoms with E-state index in [1.165, 1.54) is 43.8 Å². The monoisotopic (exact) mass is 364 g/mol. The molecule has 0 saturated heterocycles. The zero-order chi connectivity index (χ0) is 18.2. The van der Waals surface area contributed by atoms with Crippen molar-refractivity contribution in [1.82, 2.24) is 0 Å². The first-order valence-electron chi connectivity index (χ1n) is 9.07. The molecule has 0 nitrogen and oxygen atoms in total. The van der Waals surface area contributed by atoms with E-state index in [-0.39, 0.29) is 0 Å². The van der Waals surface area contributed by atoms with Crippen LogP contribution in [0, 0.1) is 0 Å². The standard InChI is InChI=1S/C26H17Cl/c27-22-15-13-19(14-16-22)25-24-11-5-4-9-20(24)17-21-10-6-12-23(26(21)25)18-7-2-1-3-8-18/h1-17H. The Balaban J connectivity index is 1.97. The number of halogens is 1. The first-order chi connectivity index (χ1) is 13.3. The van der Waals surface area contributed by atoms with E-state index in [1.807, 2.05) is 12.1 Å². The van der Waals surface area contributed by atoms with Gasteiger partial charge in [0.25, 0.3) is 0 Å². The minimum atomic E-state index is 0.756. The van der Waals surface area contributed by atoms with Crippen LogP contribution in [-0.2, 0) is 0 Å². The molecule has 0 aromatic heterocycles. The third kappa shape index (κ3) is 2.79. The Kier molecular flexibility index (Phi) is 3.92. The molecule has 5 aromatic carbocycles. The van der Waals surface area contributed by atoms with Gasteiger partial charge in [0, 0.05) is 5.02 Å². The Morgan fingerprint density at radius 3 is 2.04 bits per heavy atom. The van der Waals surface area contributed by atoms with Crippen molar-refractivity contribution in [2.24, 2.45) is 0 Å². The van der Waals surface area contributed by atoms with E-state index >= 15 is 0 Å². The van der Waals surface area contributed by atoms with Gasteiger partial charge in [-0.1, -0.05) is 96.5 Å². The summed E-state index contributed by atoms with van der Waals surface area (Å²) in [6.07, 6.45) is 0. The van der Waals surface area contributed by atoms with Gasteiger partial charge in [-0.05, 0) is 62.0 Å². The number of hydrogen-bond acceptors (Lipinski definition) is 0. The summed E-state index contributed by atoms with van der Waals surface area (Å²) in [5.74, 6) is 0. The highest BCUT2D eigenvalue weighted by Gasteiger charge is 2.14. The Hall–Kier alpha value is -3.09. The second-order valence-electron chi connectivity index (χ2n) is 6.75. The van der Waals surface area contributed by atoms with Crippen molar-refractivity contribution < 1.29 is 0 Å². The van der Waals surface area contributed by atoms with Crippen LogP contribution in [0.2, 0.25) is 5.02 Å². The number of benzene rings is 5. The first-order valence-corrected chi connectivity index (χ1v) is 9.45. The van der Waals surface area contributed by atoms with Crippen LogP contribution in [0.15, 0.2) is 103 Å². The molecular weight excluding hydrogens is 348 g/mol. The zero-order valence-electron chi connectivity index (χ0n) is 14.7. The molecule has 0 aliphatic rings. The topological polar surface area (TPSA) is 0 Å². The number of hydrogen-bond donors (Lipinski definition) is 0. The SMILES string of the molecule is Clc1ccc(-c2c3ccccc3cc3cccc(-c4ccccc4)c23)cc1. The largest absolute Gasteiger partial charge is 0.0843 e. The quantitative estimate of drug-likeness (QED) is 0.278. The highest BCUT2D eigenvalue weighted by molar-refractivity contribution is 6.30. The van der Waals surface area contributed by atoms with E-state index in [9.17, 15) is 0 Å². The van der Waals surface area contributed by atoms with Gasteiger partial charge in [-0.15, -0.1) is 0 Å². The van der Waals surface area contributed by atoms with Crippen molar-refractivity contribution in [3.63, 3.8) is 0 Å². The molecule has 5 aromatic rings. The molecule has 0 fully saturated rings. The summed E-state index contributed by atoms with van der Waals surface area (Å²) in [5.41, 5.74) is 4.93. The molecule has 0 atom stereocenters. The third-order valence-corrected chi connectivity index (χ3v) is 5.36. The molecule has 128 valence electrons. The van der Waals surface area contributed by atoms with Gasteiger partial charge in [0.05, 0.1) is 0 Å². The molecule has 0 N–H and O–H groups in total.